The van der Waals surface area contributed by atoms with Crippen molar-refractivity contribution in [2.45, 2.75) is 13.8 Å². The zero-order valence-corrected chi connectivity index (χ0v) is 20.0. The maximum absolute atomic E-state index is 2.62. The van der Waals surface area contributed by atoms with Gasteiger partial charge in [0.25, 0.3) is 0 Å². The van der Waals surface area contributed by atoms with Gasteiger partial charge in [-0.05, 0) is 48.2 Å². The molecule has 1 spiro atoms. The van der Waals surface area contributed by atoms with Gasteiger partial charge in [-0.25, -0.2) is 0 Å². The second-order valence-corrected chi connectivity index (χ2v) is 12.7. The van der Waals surface area contributed by atoms with Gasteiger partial charge in [0.05, 0.1) is 21.4 Å². The van der Waals surface area contributed by atoms with Crippen molar-refractivity contribution in [1.29, 1.82) is 0 Å². The minimum atomic E-state index is -1.87. The molecule has 0 radical (unpaired) electrons. The molecule has 4 aromatic rings. The molecule has 4 aromatic carbocycles. The van der Waals surface area contributed by atoms with Crippen LogP contribution in [0.1, 0.15) is 22.3 Å². The molecule has 2 heterocycles. The molecule has 0 fully saturated rings. The summed E-state index contributed by atoms with van der Waals surface area (Å²) in [6.07, 6.45) is 0. The number of fused-ring (bicyclic) bond motifs is 5. The average Bonchev–Trinajstić information content (AvgIpc) is 3.09. The van der Waals surface area contributed by atoms with Crippen molar-refractivity contribution in [3.8, 4) is 11.1 Å². The first-order valence-corrected chi connectivity index (χ1v) is 13.7. The van der Waals surface area contributed by atoms with Crippen molar-refractivity contribution in [3.05, 3.63) is 131 Å². The van der Waals surface area contributed by atoms with Gasteiger partial charge in [-0.1, -0.05) is 96.7 Å². The molecular weight excluding hydrogens is 423 g/mol. The molecule has 0 bridgehead atoms. The molecule has 2 aliphatic rings. The van der Waals surface area contributed by atoms with E-state index in [9.17, 15) is 0 Å². The maximum atomic E-state index is 2.62. The van der Waals surface area contributed by atoms with Gasteiger partial charge in [0, 0.05) is 11.1 Å². The molecule has 6 rings (SSSR count). The first-order chi connectivity index (χ1) is 15.7. The van der Waals surface area contributed by atoms with E-state index in [-0.39, 0.29) is 0 Å². The van der Waals surface area contributed by atoms with E-state index in [0.29, 0.717) is 0 Å². The van der Waals surface area contributed by atoms with Gasteiger partial charge < -0.3 is 0 Å². The van der Waals surface area contributed by atoms with Crippen LogP contribution in [0.2, 0.25) is 0 Å². The highest BCUT2D eigenvalue weighted by Gasteiger charge is 2.52. The molecular formula is C30H24PS+. The van der Waals surface area contributed by atoms with Gasteiger partial charge in [0.1, 0.15) is 17.9 Å². The van der Waals surface area contributed by atoms with Crippen LogP contribution in [0.5, 0.6) is 0 Å². The van der Waals surface area contributed by atoms with Crippen LogP contribution >= 0.6 is 19.0 Å². The van der Waals surface area contributed by atoms with Gasteiger partial charge in [0.15, 0.2) is 0 Å². The van der Waals surface area contributed by atoms with Gasteiger partial charge in [-0.2, -0.15) is 0 Å². The molecule has 0 N–H and O–H groups in total. The number of hydrogen-bond acceptors (Lipinski definition) is 1. The lowest BCUT2D eigenvalue weighted by Gasteiger charge is -2.25. The Morgan fingerprint density at radius 2 is 1.16 bits per heavy atom. The smallest absolute Gasteiger partial charge is 0.0818 e. The summed E-state index contributed by atoms with van der Waals surface area (Å²) in [5.41, 5.74) is 8.17. The normalized spacial score (nSPS) is 15.7. The Morgan fingerprint density at radius 1 is 0.594 bits per heavy atom. The van der Waals surface area contributed by atoms with Crippen LogP contribution in [0.3, 0.4) is 0 Å². The van der Waals surface area contributed by atoms with Gasteiger partial charge in [-0.15, -0.1) is 0 Å². The van der Waals surface area contributed by atoms with Crippen LogP contribution < -0.4 is 10.6 Å². The summed E-state index contributed by atoms with van der Waals surface area (Å²) in [4.78, 5) is 2.73. The third kappa shape index (κ3) is 3.04. The van der Waals surface area contributed by atoms with E-state index in [4.69, 9.17) is 0 Å². The number of hydrogen-bond donors (Lipinski definition) is 0. The zero-order valence-electron chi connectivity index (χ0n) is 18.2. The Kier molecular flexibility index (Phi) is 4.72. The molecule has 0 atom stereocenters. The fraction of sp³-hybridized carbons (Fsp3) is 0.0667. The van der Waals surface area contributed by atoms with Crippen LogP contribution in [-0.2, 0) is 0 Å². The van der Waals surface area contributed by atoms with Crippen LogP contribution in [0.15, 0.2) is 109 Å². The van der Waals surface area contributed by atoms with Gasteiger partial charge in [0.2, 0.25) is 0 Å². The highest BCUT2D eigenvalue weighted by molar-refractivity contribution is 8.18. The van der Waals surface area contributed by atoms with E-state index in [0.717, 1.165) is 0 Å². The SMILES string of the molecule is Cc1cc(C)c2c(c1)-c1ccccc1[P+]21C=C(c2ccccc2)SC(c2ccccc2)=C1. The fourth-order valence-corrected chi connectivity index (χ4v) is 11.3. The van der Waals surface area contributed by atoms with E-state index in [1.165, 1.54) is 53.8 Å². The zero-order chi connectivity index (χ0) is 21.7. The second-order valence-electron chi connectivity index (χ2n) is 8.59. The minimum Gasteiger partial charge on any atom is -0.0818 e. The molecule has 0 aromatic heterocycles. The van der Waals surface area contributed by atoms with E-state index < -0.39 is 7.26 Å². The topological polar surface area (TPSA) is 0 Å². The molecule has 2 heteroatoms. The second kappa shape index (κ2) is 7.62. The Labute approximate surface area is 195 Å². The van der Waals surface area contributed by atoms with Crippen LogP contribution in [0.4, 0.5) is 0 Å². The number of thioether (sulfide) groups is 1. The van der Waals surface area contributed by atoms with Crippen LogP contribution in [0.25, 0.3) is 20.9 Å². The summed E-state index contributed by atoms with van der Waals surface area (Å²) < 4.78 is 0. The van der Waals surface area contributed by atoms with Crippen molar-refractivity contribution >= 4 is 39.4 Å². The van der Waals surface area contributed by atoms with E-state index >= 15 is 0 Å². The summed E-state index contributed by atoms with van der Waals surface area (Å²) >= 11 is 1.91. The molecule has 154 valence electrons. The molecule has 0 nitrogen and oxygen atoms in total. The molecule has 0 saturated carbocycles. The van der Waals surface area contributed by atoms with Crippen molar-refractivity contribution in [2.24, 2.45) is 0 Å². The summed E-state index contributed by atoms with van der Waals surface area (Å²) in [7, 11) is -1.87. The van der Waals surface area contributed by atoms with Crippen molar-refractivity contribution in [2.75, 3.05) is 0 Å². The van der Waals surface area contributed by atoms with Crippen LogP contribution in [-0.4, -0.2) is 0 Å². The minimum absolute atomic E-state index is 1.30. The maximum Gasteiger partial charge on any atom is 0.133 e. The Morgan fingerprint density at radius 3 is 1.78 bits per heavy atom. The highest BCUT2D eigenvalue weighted by Crippen LogP contribution is 2.72. The summed E-state index contributed by atoms with van der Waals surface area (Å²) in [5, 5.41) is 3.03. The number of benzene rings is 4. The Balaban J connectivity index is 1.70. The van der Waals surface area contributed by atoms with E-state index in [2.05, 4.69) is 123 Å². The molecule has 0 amide bonds. The first-order valence-electron chi connectivity index (χ1n) is 11.0. The first kappa shape index (κ1) is 19.8. The number of rotatable bonds is 2. The molecule has 32 heavy (non-hydrogen) atoms. The molecule has 0 unspecified atom stereocenters. The largest absolute Gasteiger partial charge is 0.133 e. The van der Waals surface area contributed by atoms with Gasteiger partial charge >= 0.3 is 0 Å². The fourth-order valence-electron chi connectivity index (χ4n) is 5.12. The molecule has 0 aliphatic carbocycles. The summed E-state index contributed by atoms with van der Waals surface area (Å²) in [6, 6.07) is 35.6. The monoisotopic (exact) mass is 447 g/mol. The standard InChI is InChI=1S/C30H24PS/c1-21-17-22(2)30-26(18-21)25-15-9-10-16-27(25)31(30)19-28(23-11-5-3-6-12-23)32-29(20-31)24-13-7-4-8-14-24/h3-20H,1-2H3/q+1. The summed E-state index contributed by atoms with van der Waals surface area (Å²) in [6.45, 7) is 4.51. The third-order valence-electron chi connectivity index (χ3n) is 6.39. The Hall–Kier alpha value is -2.86. The highest BCUT2D eigenvalue weighted by atomic mass is 32.2. The summed E-state index contributed by atoms with van der Waals surface area (Å²) in [5.74, 6) is 5.24. The van der Waals surface area contributed by atoms with E-state index in [1.807, 2.05) is 11.8 Å². The predicted octanol–water partition coefficient (Wildman–Crippen LogP) is 8.00. The Bertz CT molecular complexity index is 1340. The predicted molar refractivity (Wildman–Crippen MR) is 144 cm³/mol. The molecule has 0 saturated heterocycles. The quantitative estimate of drug-likeness (QED) is 0.281. The lowest BCUT2D eigenvalue weighted by Crippen LogP contribution is -2.17. The average molecular weight is 448 g/mol. The lowest BCUT2D eigenvalue weighted by atomic mass is 10.0. The van der Waals surface area contributed by atoms with Crippen molar-refractivity contribution in [1.82, 2.24) is 0 Å². The lowest BCUT2D eigenvalue weighted by molar-refractivity contribution is 1.41. The van der Waals surface area contributed by atoms with Crippen molar-refractivity contribution < 1.29 is 0 Å². The van der Waals surface area contributed by atoms with Crippen molar-refractivity contribution in [3.63, 3.8) is 0 Å². The number of aryl methyl sites for hydroxylation is 2. The molecule has 2 aliphatic heterocycles. The van der Waals surface area contributed by atoms with E-state index in [1.54, 1.807) is 0 Å². The van der Waals surface area contributed by atoms with Crippen LogP contribution in [0, 0.1) is 13.8 Å². The van der Waals surface area contributed by atoms with Gasteiger partial charge in [-0.3, -0.25) is 0 Å². The third-order valence-corrected chi connectivity index (χ3v) is 11.7.